The van der Waals surface area contributed by atoms with E-state index >= 15 is 0 Å². The molecule has 0 heterocycles. The summed E-state index contributed by atoms with van der Waals surface area (Å²) in [4.78, 5) is 0. The summed E-state index contributed by atoms with van der Waals surface area (Å²) in [6.07, 6.45) is 0.750. The van der Waals surface area contributed by atoms with Gasteiger partial charge in [-0.05, 0) is 87.6 Å². The van der Waals surface area contributed by atoms with Crippen LogP contribution in [0.4, 0.5) is 0 Å². The first-order valence-corrected chi connectivity index (χ1v) is 9.44. The van der Waals surface area contributed by atoms with Gasteiger partial charge in [0.15, 0.2) is 0 Å². The number of fused-ring (bicyclic) bond motifs is 2. The number of hydrogen-bond acceptors (Lipinski definition) is 4. The molecule has 0 bridgehead atoms. The summed E-state index contributed by atoms with van der Waals surface area (Å²) in [5.41, 5.74) is 2.37. The smallest absolute Gasteiger partial charge is 0.119 e. The topological polar surface area (TPSA) is 36.9 Å². The number of benzene rings is 4. The summed E-state index contributed by atoms with van der Waals surface area (Å²) in [6.45, 7) is 0. The normalized spacial score (nSPS) is 10.9. The van der Waals surface area contributed by atoms with Crippen molar-refractivity contribution in [2.75, 3.05) is 28.4 Å². The van der Waals surface area contributed by atoms with Gasteiger partial charge >= 0.3 is 0 Å². The molecule has 0 saturated carbocycles. The van der Waals surface area contributed by atoms with E-state index in [1.165, 1.54) is 21.9 Å². The van der Waals surface area contributed by atoms with E-state index in [-0.39, 0.29) is 0 Å². The average Bonchev–Trinajstić information content (AvgIpc) is 2.77. The zero-order valence-electron chi connectivity index (χ0n) is 17.1. The molecule has 0 aliphatic carbocycles. The lowest BCUT2D eigenvalue weighted by atomic mass is 9.94. The van der Waals surface area contributed by atoms with Gasteiger partial charge in [-0.2, -0.15) is 0 Å². The molecule has 4 nitrogen and oxygen atoms in total. The van der Waals surface area contributed by atoms with Crippen molar-refractivity contribution in [1.29, 1.82) is 0 Å². The first kappa shape index (κ1) is 18.9. The van der Waals surface area contributed by atoms with E-state index < -0.39 is 0 Å². The summed E-state index contributed by atoms with van der Waals surface area (Å²) in [5.74, 6) is 3.32. The minimum absolute atomic E-state index is 0.750. The molecular weight excluding hydrogens is 364 g/mol. The van der Waals surface area contributed by atoms with Crippen LogP contribution in [0, 0.1) is 0 Å². The van der Waals surface area contributed by atoms with E-state index in [0.717, 1.165) is 40.2 Å². The number of methoxy groups -OCH3 is 4. The molecule has 0 amide bonds. The molecule has 0 fully saturated rings. The molecule has 0 spiro atoms. The van der Waals surface area contributed by atoms with Crippen molar-refractivity contribution in [3.8, 4) is 23.0 Å². The summed E-state index contributed by atoms with van der Waals surface area (Å²) in [5, 5.41) is 4.53. The van der Waals surface area contributed by atoms with E-state index in [0.29, 0.717) is 0 Å². The zero-order chi connectivity index (χ0) is 20.4. The molecule has 4 aromatic rings. The van der Waals surface area contributed by atoms with Gasteiger partial charge in [-0.1, -0.05) is 12.1 Å². The maximum atomic E-state index is 5.55. The van der Waals surface area contributed by atoms with Gasteiger partial charge in [0.1, 0.15) is 23.0 Å². The highest BCUT2D eigenvalue weighted by Crippen LogP contribution is 2.34. The van der Waals surface area contributed by atoms with Crippen molar-refractivity contribution in [2.24, 2.45) is 0 Å². The van der Waals surface area contributed by atoms with Crippen molar-refractivity contribution < 1.29 is 18.9 Å². The van der Waals surface area contributed by atoms with Crippen LogP contribution in [0.25, 0.3) is 21.5 Å². The Morgan fingerprint density at radius 3 is 1.24 bits per heavy atom. The van der Waals surface area contributed by atoms with Gasteiger partial charge < -0.3 is 18.9 Å². The Morgan fingerprint density at radius 1 is 0.483 bits per heavy atom. The first-order chi connectivity index (χ1) is 14.1. The summed E-state index contributed by atoms with van der Waals surface area (Å²) in [7, 11) is 6.74. The highest BCUT2D eigenvalue weighted by molar-refractivity contribution is 5.91. The predicted molar refractivity (Wildman–Crippen MR) is 117 cm³/mol. The van der Waals surface area contributed by atoms with Crippen LogP contribution < -0.4 is 18.9 Å². The lowest BCUT2D eigenvalue weighted by Gasteiger charge is -2.14. The monoisotopic (exact) mass is 388 g/mol. The molecule has 0 saturated heterocycles. The van der Waals surface area contributed by atoms with Gasteiger partial charge in [0.25, 0.3) is 0 Å². The van der Waals surface area contributed by atoms with Gasteiger partial charge in [0.2, 0.25) is 0 Å². The quantitative estimate of drug-likeness (QED) is 0.430. The number of rotatable bonds is 6. The molecule has 29 heavy (non-hydrogen) atoms. The molecule has 4 aromatic carbocycles. The third-order valence-electron chi connectivity index (χ3n) is 5.29. The van der Waals surface area contributed by atoms with Gasteiger partial charge in [-0.25, -0.2) is 0 Å². The molecule has 0 aliphatic rings. The lowest BCUT2D eigenvalue weighted by Crippen LogP contribution is -1.96. The fraction of sp³-hybridized carbons (Fsp3) is 0.200. The van der Waals surface area contributed by atoms with Gasteiger partial charge in [-0.3, -0.25) is 0 Å². The zero-order valence-corrected chi connectivity index (χ0v) is 17.1. The lowest BCUT2D eigenvalue weighted by molar-refractivity contribution is 0.413. The predicted octanol–water partition coefficient (Wildman–Crippen LogP) is 5.62. The van der Waals surface area contributed by atoms with Gasteiger partial charge in [-0.15, -0.1) is 0 Å². The molecule has 0 aromatic heterocycles. The van der Waals surface area contributed by atoms with E-state index in [4.69, 9.17) is 18.9 Å². The Labute approximate surface area is 170 Å². The third kappa shape index (κ3) is 3.66. The summed E-state index contributed by atoms with van der Waals surface area (Å²) >= 11 is 0. The maximum Gasteiger partial charge on any atom is 0.119 e. The fourth-order valence-corrected chi connectivity index (χ4v) is 3.78. The van der Waals surface area contributed by atoms with E-state index in [9.17, 15) is 0 Å². The van der Waals surface area contributed by atoms with Crippen molar-refractivity contribution in [1.82, 2.24) is 0 Å². The Hall–Kier alpha value is -3.40. The minimum Gasteiger partial charge on any atom is -0.497 e. The number of ether oxygens (including phenoxy) is 4. The van der Waals surface area contributed by atoms with Crippen molar-refractivity contribution >= 4 is 21.5 Å². The van der Waals surface area contributed by atoms with Crippen LogP contribution in [-0.2, 0) is 6.42 Å². The standard InChI is InChI=1S/C25H24O4/c1-26-20-5-7-24-16(12-22(28-3)14-18(24)10-20)9-17-13-23(29-4)15-19-11-21(27-2)6-8-25(17)19/h5-8,10-15H,9H2,1-4H3. The van der Waals surface area contributed by atoms with E-state index in [1.807, 2.05) is 36.4 Å². The van der Waals surface area contributed by atoms with Gasteiger partial charge in [0.05, 0.1) is 28.4 Å². The second-order valence-electron chi connectivity index (χ2n) is 6.92. The van der Waals surface area contributed by atoms with Crippen molar-refractivity contribution in [3.63, 3.8) is 0 Å². The molecule has 0 unspecified atom stereocenters. The first-order valence-electron chi connectivity index (χ1n) is 9.44. The maximum absolute atomic E-state index is 5.55. The second-order valence-corrected chi connectivity index (χ2v) is 6.92. The molecular formula is C25H24O4. The van der Waals surface area contributed by atoms with Crippen LogP contribution in [0.5, 0.6) is 23.0 Å². The molecule has 0 aliphatic heterocycles. The minimum atomic E-state index is 0.750. The summed E-state index contributed by atoms with van der Waals surface area (Å²) < 4.78 is 21.9. The molecule has 148 valence electrons. The van der Waals surface area contributed by atoms with Crippen LogP contribution in [0.15, 0.2) is 60.7 Å². The Kier molecular flexibility index (Phi) is 5.17. The van der Waals surface area contributed by atoms with Crippen LogP contribution in [0.3, 0.4) is 0 Å². The molecule has 0 N–H and O–H groups in total. The molecule has 0 radical (unpaired) electrons. The SMILES string of the molecule is COc1ccc2c(Cc3cc(OC)cc4cc(OC)ccc34)cc(OC)cc2c1. The molecule has 4 heteroatoms. The molecule has 0 atom stereocenters. The Morgan fingerprint density at radius 2 is 0.862 bits per heavy atom. The Bertz CT molecular complexity index is 1080. The van der Waals surface area contributed by atoms with E-state index in [2.05, 4.69) is 24.3 Å². The highest BCUT2D eigenvalue weighted by atomic mass is 16.5. The average molecular weight is 388 g/mol. The second kappa shape index (κ2) is 7.92. The van der Waals surface area contributed by atoms with Crippen molar-refractivity contribution in [2.45, 2.75) is 6.42 Å². The van der Waals surface area contributed by atoms with Crippen LogP contribution in [0.1, 0.15) is 11.1 Å². The highest BCUT2D eigenvalue weighted by Gasteiger charge is 2.11. The van der Waals surface area contributed by atoms with Crippen LogP contribution in [-0.4, -0.2) is 28.4 Å². The summed E-state index contributed by atoms with van der Waals surface area (Å²) in [6, 6.07) is 20.5. The van der Waals surface area contributed by atoms with Crippen molar-refractivity contribution in [3.05, 3.63) is 71.8 Å². The number of hydrogen-bond donors (Lipinski definition) is 0. The van der Waals surface area contributed by atoms with Gasteiger partial charge in [0, 0.05) is 0 Å². The van der Waals surface area contributed by atoms with Crippen LogP contribution >= 0.6 is 0 Å². The Balaban J connectivity index is 1.89. The third-order valence-corrected chi connectivity index (χ3v) is 5.29. The van der Waals surface area contributed by atoms with E-state index in [1.54, 1.807) is 28.4 Å². The van der Waals surface area contributed by atoms with Crippen LogP contribution in [0.2, 0.25) is 0 Å². The largest absolute Gasteiger partial charge is 0.497 e. The fourth-order valence-electron chi connectivity index (χ4n) is 3.78. The molecule has 4 rings (SSSR count).